The van der Waals surface area contributed by atoms with Crippen LogP contribution in [0.25, 0.3) is 16.8 Å². The van der Waals surface area contributed by atoms with Crippen molar-refractivity contribution in [2.45, 2.75) is 19.1 Å². The first kappa shape index (κ1) is 20.8. The highest BCUT2D eigenvalue weighted by Gasteiger charge is 2.21. The van der Waals surface area contributed by atoms with Crippen molar-refractivity contribution in [3.8, 4) is 23.2 Å². The standard InChI is InChI=1S/C24H23N3O4/c1-3-4-20(16(2)13-25)17-5-6-21-18(11-17)7-8-27-22(21)12-23(26-24(27)28)31-15-19-14-29-9-10-30-19/h3-6,11-12,19H,1-2,7-10,14-15H2/b20-4+/t19-/m0/s1. The summed E-state index contributed by atoms with van der Waals surface area (Å²) in [5.74, 6) is 0.271. The van der Waals surface area contributed by atoms with Crippen LogP contribution in [-0.4, -0.2) is 42.1 Å². The van der Waals surface area contributed by atoms with E-state index in [1.165, 1.54) is 0 Å². The van der Waals surface area contributed by atoms with Crippen molar-refractivity contribution < 1.29 is 14.2 Å². The molecule has 0 aliphatic carbocycles. The molecule has 0 unspecified atom stereocenters. The second-order valence-corrected chi connectivity index (χ2v) is 7.32. The third-order valence-corrected chi connectivity index (χ3v) is 5.33. The number of fused-ring (bicyclic) bond motifs is 3. The van der Waals surface area contributed by atoms with E-state index < -0.39 is 0 Å². The molecule has 7 heteroatoms. The first-order chi connectivity index (χ1) is 15.1. The Morgan fingerprint density at radius 1 is 1.39 bits per heavy atom. The Balaban J connectivity index is 1.65. The van der Waals surface area contributed by atoms with Gasteiger partial charge in [0.1, 0.15) is 12.7 Å². The van der Waals surface area contributed by atoms with Gasteiger partial charge in [0.2, 0.25) is 5.88 Å². The smallest absolute Gasteiger partial charge is 0.351 e. The van der Waals surface area contributed by atoms with Crippen LogP contribution in [0.3, 0.4) is 0 Å². The van der Waals surface area contributed by atoms with Crippen LogP contribution < -0.4 is 10.4 Å². The lowest BCUT2D eigenvalue weighted by Gasteiger charge is -2.24. The lowest BCUT2D eigenvalue weighted by Crippen LogP contribution is -2.34. The van der Waals surface area contributed by atoms with Crippen molar-refractivity contribution in [1.82, 2.24) is 9.55 Å². The highest BCUT2D eigenvalue weighted by molar-refractivity contribution is 5.84. The van der Waals surface area contributed by atoms with Gasteiger partial charge >= 0.3 is 5.69 Å². The Morgan fingerprint density at radius 2 is 2.26 bits per heavy atom. The fraction of sp³-hybridized carbons (Fsp3) is 0.292. The fourth-order valence-corrected chi connectivity index (χ4v) is 3.81. The molecule has 7 nitrogen and oxygen atoms in total. The molecule has 1 atom stereocenters. The Bertz CT molecular complexity index is 1150. The fourth-order valence-electron chi connectivity index (χ4n) is 3.81. The van der Waals surface area contributed by atoms with E-state index in [4.69, 9.17) is 14.2 Å². The molecule has 158 valence electrons. The van der Waals surface area contributed by atoms with Gasteiger partial charge in [0.25, 0.3) is 0 Å². The number of nitrogens with zero attached hydrogens (tertiary/aromatic N) is 3. The Hall–Kier alpha value is -3.47. The lowest BCUT2D eigenvalue weighted by atomic mass is 9.91. The Labute approximate surface area is 180 Å². The summed E-state index contributed by atoms with van der Waals surface area (Å²) in [6, 6.07) is 9.80. The maximum atomic E-state index is 12.6. The van der Waals surface area contributed by atoms with Crippen LogP contribution in [0.5, 0.6) is 5.88 Å². The van der Waals surface area contributed by atoms with Gasteiger partial charge < -0.3 is 14.2 Å². The van der Waals surface area contributed by atoms with Crippen LogP contribution in [0.2, 0.25) is 0 Å². The Kier molecular flexibility index (Phi) is 6.12. The first-order valence-electron chi connectivity index (χ1n) is 10.1. The van der Waals surface area contributed by atoms with Crippen LogP contribution in [0.15, 0.2) is 59.9 Å². The first-order valence-corrected chi connectivity index (χ1v) is 10.1. The molecular weight excluding hydrogens is 394 g/mol. The molecule has 0 radical (unpaired) electrons. The maximum Gasteiger partial charge on any atom is 0.351 e. The maximum absolute atomic E-state index is 12.6. The number of ether oxygens (including phenoxy) is 3. The number of aryl methyl sites for hydroxylation is 1. The summed E-state index contributed by atoms with van der Waals surface area (Å²) in [7, 11) is 0. The van der Waals surface area contributed by atoms with Crippen LogP contribution in [0.1, 0.15) is 11.1 Å². The van der Waals surface area contributed by atoms with Crippen molar-refractivity contribution in [3.63, 3.8) is 0 Å². The number of hydrogen-bond donors (Lipinski definition) is 0. The predicted molar refractivity (Wildman–Crippen MR) is 117 cm³/mol. The molecule has 0 bridgehead atoms. The zero-order valence-electron chi connectivity index (χ0n) is 17.2. The summed E-state index contributed by atoms with van der Waals surface area (Å²) in [6.07, 6.45) is 3.93. The molecule has 1 saturated heterocycles. The molecule has 4 rings (SSSR count). The highest BCUT2D eigenvalue weighted by Crippen LogP contribution is 2.33. The molecule has 2 aliphatic rings. The minimum atomic E-state index is -0.340. The molecule has 1 aromatic heterocycles. The largest absolute Gasteiger partial charge is 0.475 e. The van der Waals surface area contributed by atoms with Crippen molar-refractivity contribution >= 4 is 5.57 Å². The predicted octanol–water partition coefficient (Wildman–Crippen LogP) is 2.91. The van der Waals surface area contributed by atoms with Gasteiger partial charge in [0.15, 0.2) is 0 Å². The molecule has 1 aromatic carbocycles. The van der Waals surface area contributed by atoms with Crippen LogP contribution >= 0.6 is 0 Å². The van der Waals surface area contributed by atoms with Crippen LogP contribution in [-0.2, 0) is 22.4 Å². The quantitative estimate of drug-likeness (QED) is 0.531. The van der Waals surface area contributed by atoms with Gasteiger partial charge in [0.05, 0.1) is 37.2 Å². The van der Waals surface area contributed by atoms with Gasteiger partial charge in [-0.3, -0.25) is 4.57 Å². The average Bonchev–Trinajstić information content (AvgIpc) is 2.81. The van der Waals surface area contributed by atoms with Crippen LogP contribution in [0, 0.1) is 11.3 Å². The summed E-state index contributed by atoms with van der Waals surface area (Å²) in [4.78, 5) is 16.7. The molecule has 2 aromatic rings. The highest BCUT2D eigenvalue weighted by atomic mass is 16.6. The number of benzene rings is 1. The lowest BCUT2D eigenvalue weighted by molar-refractivity contribution is -0.102. The molecule has 0 saturated carbocycles. The van der Waals surface area contributed by atoms with Crippen LogP contribution in [0.4, 0.5) is 0 Å². The number of allylic oxidation sites excluding steroid dienone is 4. The average molecular weight is 417 g/mol. The van der Waals surface area contributed by atoms with Gasteiger partial charge in [-0.2, -0.15) is 10.2 Å². The molecule has 0 amide bonds. The SMILES string of the molecule is C=C/C=C(\C(=C)C#N)c1ccc2c(c1)CCn1c-2cc(OC[C@@H]2COCCO2)nc1=O. The number of hydrogen-bond acceptors (Lipinski definition) is 6. The molecular formula is C24H23N3O4. The molecule has 31 heavy (non-hydrogen) atoms. The van der Waals surface area contributed by atoms with Crippen molar-refractivity contribution in [2.24, 2.45) is 0 Å². The van der Waals surface area contributed by atoms with E-state index in [0.29, 0.717) is 38.4 Å². The summed E-state index contributed by atoms with van der Waals surface area (Å²) in [5.41, 5.74) is 4.44. The monoisotopic (exact) mass is 417 g/mol. The van der Waals surface area contributed by atoms with Gasteiger partial charge in [0, 0.05) is 18.2 Å². The molecule has 3 heterocycles. The van der Waals surface area contributed by atoms with Crippen molar-refractivity contribution in [1.29, 1.82) is 5.26 Å². The van der Waals surface area contributed by atoms with Gasteiger partial charge in [-0.25, -0.2) is 4.79 Å². The van der Waals surface area contributed by atoms with E-state index >= 15 is 0 Å². The normalized spacial score (nSPS) is 17.8. The second kappa shape index (κ2) is 9.13. The number of aromatic nitrogens is 2. The van der Waals surface area contributed by atoms with Crippen molar-refractivity contribution in [3.05, 3.63) is 76.8 Å². The minimum Gasteiger partial charge on any atom is -0.475 e. The number of rotatable bonds is 6. The van der Waals surface area contributed by atoms with E-state index in [0.717, 1.165) is 28.0 Å². The molecule has 2 aliphatic heterocycles. The van der Waals surface area contributed by atoms with E-state index in [1.807, 2.05) is 18.2 Å². The molecule has 1 fully saturated rings. The number of nitriles is 1. The summed E-state index contributed by atoms with van der Waals surface area (Å²) >= 11 is 0. The zero-order valence-corrected chi connectivity index (χ0v) is 17.2. The topological polar surface area (TPSA) is 86.4 Å². The zero-order chi connectivity index (χ0) is 21.8. The van der Waals surface area contributed by atoms with Crippen molar-refractivity contribution in [2.75, 3.05) is 26.4 Å². The minimum absolute atomic E-state index is 0.174. The van der Waals surface area contributed by atoms with E-state index in [-0.39, 0.29) is 24.3 Å². The second-order valence-electron chi connectivity index (χ2n) is 7.32. The van der Waals surface area contributed by atoms with E-state index in [9.17, 15) is 10.1 Å². The van der Waals surface area contributed by atoms with E-state index in [1.54, 1.807) is 22.8 Å². The Morgan fingerprint density at radius 3 is 3.00 bits per heavy atom. The van der Waals surface area contributed by atoms with Gasteiger partial charge in [-0.1, -0.05) is 43.5 Å². The van der Waals surface area contributed by atoms with Gasteiger partial charge in [-0.15, -0.1) is 0 Å². The summed E-state index contributed by atoms with van der Waals surface area (Å²) in [6.45, 7) is 9.93. The third-order valence-electron chi connectivity index (χ3n) is 5.33. The molecule has 0 spiro atoms. The molecule has 0 N–H and O–H groups in total. The summed E-state index contributed by atoms with van der Waals surface area (Å²) in [5, 5.41) is 9.27. The third kappa shape index (κ3) is 4.36. The van der Waals surface area contributed by atoms with Gasteiger partial charge in [-0.05, 0) is 23.1 Å². The van der Waals surface area contributed by atoms with E-state index in [2.05, 4.69) is 24.2 Å². The summed E-state index contributed by atoms with van der Waals surface area (Å²) < 4.78 is 18.4.